The van der Waals surface area contributed by atoms with Crippen LogP contribution in [0.15, 0.2) is 0 Å². The van der Waals surface area contributed by atoms with Crippen molar-refractivity contribution in [3.05, 3.63) is 0 Å². The van der Waals surface area contributed by atoms with E-state index in [4.69, 9.17) is 0 Å². The van der Waals surface area contributed by atoms with Gasteiger partial charge in [0, 0.05) is 6.04 Å². The Morgan fingerprint density at radius 3 is 2.36 bits per heavy atom. The van der Waals surface area contributed by atoms with Crippen LogP contribution in [0.2, 0.25) is 0 Å². The number of amides is 1. The highest BCUT2D eigenvalue weighted by Crippen LogP contribution is 2.42. The summed E-state index contributed by atoms with van der Waals surface area (Å²) in [4.78, 5) is 14.0. The van der Waals surface area contributed by atoms with Crippen LogP contribution in [0.25, 0.3) is 0 Å². The molecule has 1 saturated heterocycles. The molecule has 1 atom stereocenters. The maximum atomic E-state index is 12.0. The minimum atomic E-state index is -0.139. The van der Waals surface area contributed by atoms with Gasteiger partial charge in [0.15, 0.2) is 0 Å². The minimum Gasteiger partial charge on any atom is -0.325 e. The fourth-order valence-electron chi connectivity index (χ4n) is 1.95. The first kappa shape index (κ1) is 9.97. The molecule has 0 aromatic rings. The summed E-state index contributed by atoms with van der Waals surface area (Å²) >= 11 is 0. The molecule has 3 heteroatoms. The molecule has 2 aliphatic rings. The molecule has 2 rings (SSSR count). The number of hydrogen-bond donors (Lipinski definition) is 1. The molecule has 0 aromatic carbocycles. The zero-order valence-electron chi connectivity index (χ0n) is 9.55. The Hall–Kier alpha value is -0.570. The molecule has 0 radical (unpaired) electrons. The normalized spacial score (nSPS) is 27.1. The highest BCUT2D eigenvalue weighted by molar-refractivity contribution is 5.91. The molecule has 0 bridgehead atoms. The van der Waals surface area contributed by atoms with Crippen molar-refractivity contribution in [2.24, 2.45) is 5.41 Å². The molecular formula is C11H20N2O. The van der Waals surface area contributed by atoms with Gasteiger partial charge in [-0.15, -0.1) is 0 Å². The van der Waals surface area contributed by atoms with Crippen LogP contribution >= 0.6 is 0 Å². The fraction of sp³-hybridized carbons (Fsp3) is 0.909. The van der Waals surface area contributed by atoms with Crippen LogP contribution in [0.3, 0.4) is 0 Å². The van der Waals surface area contributed by atoms with Gasteiger partial charge in [0.05, 0.1) is 12.2 Å². The second-order valence-corrected chi connectivity index (χ2v) is 5.73. The first-order valence-electron chi connectivity index (χ1n) is 5.43. The summed E-state index contributed by atoms with van der Waals surface area (Å²) in [5.41, 5.74) is 0.0251. The van der Waals surface area contributed by atoms with Crippen molar-refractivity contribution >= 4 is 5.91 Å². The van der Waals surface area contributed by atoms with Crippen molar-refractivity contribution in [1.82, 2.24) is 10.2 Å². The number of hydrogen-bond acceptors (Lipinski definition) is 2. The smallest absolute Gasteiger partial charge is 0.244 e. The molecule has 2 fully saturated rings. The molecule has 1 heterocycles. The summed E-state index contributed by atoms with van der Waals surface area (Å²) < 4.78 is 0. The largest absolute Gasteiger partial charge is 0.325 e. The Morgan fingerprint density at radius 2 is 2.00 bits per heavy atom. The SMILES string of the molecule is CC(N1CNC2(CC2)C1=O)C(C)(C)C. The van der Waals surface area contributed by atoms with E-state index < -0.39 is 0 Å². The van der Waals surface area contributed by atoms with Crippen molar-refractivity contribution in [1.29, 1.82) is 0 Å². The molecule has 0 aromatic heterocycles. The fourth-order valence-corrected chi connectivity index (χ4v) is 1.95. The highest BCUT2D eigenvalue weighted by Gasteiger charge is 2.57. The molecule has 1 aliphatic heterocycles. The summed E-state index contributed by atoms with van der Waals surface area (Å²) in [7, 11) is 0. The number of rotatable bonds is 1. The third-order valence-corrected chi connectivity index (χ3v) is 3.73. The lowest BCUT2D eigenvalue weighted by Crippen LogP contribution is -2.44. The zero-order chi connectivity index (χ0) is 10.6. The third kappa shape index (κ3) is 1.34. The van der Waals surface area contributed by atoms with Crippen molar-refractivity contribution in [2.75, 3.05) is 6.67 Å². The van der Waals surface area contributed by atoms with Crippen molar-refractivity contribution in [2.45, 2.75) is 52.1 Å². The molecule has 1 amide bonds. The zero-order valence-corrected chi connectivity index (χ0v) is 9.55. The van der Waals surface area contributed by atoms with Crippen LogP contribution in [0, 0.1) is 5.41 Å². The highest BCUT2D eigenvalue weighted by atomic mass is 16.2. The summed E-state index contributed by atoms with van der Waals surface area (Å²) in [5.74, 6) is 0.319. The molecule has 1 saturated carbocycles. The van der Waals surface area contributed by atoms with Crippen LogP contribution in [-0.2, 0) is 4.79 Å². The number of nitrogens with one attached hydrogen (secondary N) is 1. The van der Waals surface area contributed by atoms with E-state index in [-0.39, 0.29) is 11.0 Å². The van der Waals surface area contributed by atoms with Gasteiger partial charge in [-0.05, 0) is 25.2 Å². The maximum absolute atomic E-state index is 12.0. The molecule has 14 heavy (non-hydrogen) atoms. The molecule has 3 nitrogen and oxygen atoms in total. The monoisotopic (exact) mass is 196 g/mol. The predicted molar refractivity (Wildman–Crippen MR) is 55.7 cm³/mol. The van der Waals surface area contributed by atoms with Crippen LogP contribution in [0.1, 0.15) is 40.5 Å². The molecule has 1 aliphatic carbocycles. The predicted octanol–water partition coefficient (Wildman–Crippen LogP) is 1.34. The second-order valence-electron chi connectivity index (χ2n) is 5.73. The first-order chi connectivity index (χ1) is 6.37. The number of nitrogens with zero attached hydrogens (tertiary/aromatic N) is 1. The first-order valence-corrected chi connectivity index (χ1v) is 5.43. The second kappa shape index (κ2) is 2.72. The van der Waals surface area contributed by atoms with Crippen molar-refractivity contribution in [3.8, 4) is 0 Å². The van der Waals surface area contributed by atoms with E-state index in [1.165, 1.54) is 0 Å². The summed E-state index contributed by atoms with van der Waals surface area (Å²) in [6, 6.07) is 0.308. The lowest BCUT2D eigenvalue weighted by atomic mass is 9.87. The minimum absolute atomic E-state index is 0.139. The lowest BCUT2D eigenvalue weighted by molar-refractivity contribution is -0.133. The van der Waals surface area contributed by atoms with Crippen LogP contribution in [0.5, 0.6) is 0 Å². The summed E-state index contributed by atoms with van der Waals surface area (Å²) in [6.45, 7) is 9.42. The average molecular weight is 196 g/mol. The van der Waals surface area contributed by atoms with E-state index >= 15 is 0 Å². The topological polar surface area (TPSA) is 32.3 Å². The Labute approximate surface area is 85.8 Å². The van der Waals surface area contributed by atoms with Gasteiger partial charge in [0.25, 0.3) is 0 Å². The molecule has 1 spiro atoms. The van der Waals surface area contributed by atoms with Crippen LogP contribution < -0.4 is 5.32 Å². The Bertz CT molecular complexity index is 263. The Kier molecular flexibility index (Phi) is 1.94. The van der Waals surface area contributed by atoms with Crippen LogP contribution in [0.4, 0.5) is 0 Å². The number of carbonyl (C=O) groups excluding carboxylic acids is 1. The number of carbonyl (C=O) groups is 1. The maximum Gasteiger partial charge on any atom is 0.244 e. The van der Waals surface area contributed by atoms with Gasteiger partial charge < -0.3 is 4.90 Å². The van der Waals surface area contributed by atoms with Gasteiger partial charge in [-0.2, -0.15) is 0 Å². The Morgan fingerprint density at radius 1 is 1.43 bits per heavy atom. The van der Waals surface area contributed by atoms with E-state index in [9.17, 15) is 4.79 Å². The summed E-state index contributed by atoms with van der Waals surface area (Å²) in [5, 5.41) is 3.34. The quantitative estimate of drug-likeness (QED) is 0.686. The van der Waals surface area contributed by atoms with Crippen LogP contribution in [-0.4, -0.2) is 29.1 Å². The molecule has 1 unspecified atom stereocenters. The molecule has 1 N–H and O–H groups in total. The van der Waals surface area contributed by atoms with E-state index in [2.05, 4.69) is 33.0 Å². The van der Waals surface area contributed by atoms with Gasteiger partial charge in [0.2, 0.25) is 5.91 Å². The molecule has 80 valence electrons. The third-order valence-electron chi connectivity index (χ3n) is 3.73. The molecular weight excluding hydrogens is 176 g/mol. The van der Waals surface area contributed by atoms with Gasteiger partial charge in [-0.25, -0.2) is 0 Å². The standard InChI is InChI=1S/C11H20N2O/c1-8(10(2,3)4)13-7-12-11(5-6-11)9(13)14/h8,12H,5-7H2,1-4H3. The van der Waals surface area contributed by atoms with E-state index in [1.807, 2.05) is 4.90 Å². The summed E-state index contributed by atoms with van der Waals surface area (Å²) in [6.07, 6.45) is 2.05. The average Bonchev–Trinajstić information content (AvgIpc) is 2.76. The lowest BCUT2D eigenvalue weighted by Gasteiger charge is -2.34. The van der Waals surface area contributed by atoms with Crippen molar-refractivity contribution in [3.63, 3.8) is 0 Å². The Balaban J connectivity index is 2.10. The van der Waals surface area contributed by atoms with Gasteiger partial charge in [0.1, 0.15) is 0 Å². The van der Waals surface area contributed by atoms with Gasteiger partial charge in [-0.1, -0.05) is 20.8 Å². The van der Waals surface area contributed by atoms with Crippen molar-refractivity contribution < 1.29 is 4.79 Å². The van der Waals surface area contributed by atoms with Gasteiger partial charge >= 0.3 is 0 Å². The van der Waals surface area contributed by atoms with Gasteiger partial charge in [-0.3, -0.25) is 10.1 Å². The van der Waals surface area contributed by atoms with E-state index in [0.29, 0.717) is 11.9 Å². The van der Waals surface area contributed by atoms with E-state index in [0.717, 1.165) is 19.5 Å². The van der Waals surface area contributed by atoms with E-state index in [1.54, 1.807) is 0 Å².